The fourth-order valence-corrected chi connectivity index (χ4v) is 1.61. The van der Waals surface area contributed by atoms with Crippen LogP contribution in [0.1, 0.15) is 37.1 Å². The van der Waals surface area contributed by atoms with Gasteiger partial charge in [0.15, 0.2) is 0 Å². The molecule has 0 atom stereocenters. The molecule has 5 heteroatoms. The van der Waals surface area contributed by atoms with E-state index in [1.807, 2.05) is 20.8 Å². The Labute approximate surface area is 107 Å². The van der Waals surface area contributed by atoms with Gasteiger partial charge in [-0.15, -0.1) is 0 Å². The molecule has 0 aliphatic rings. The molecule has 1 rings (SSSR count). The third kappa shape index (κ3) is 4.50. The van der Waals surface area contributed by atoms with Gasteiger partial charge in [-0.3, -0.25) is 0 Å². The van der Waals surface area contributed by atoms with Gasteiger partial charge in [0, 0.05) is 13.2 Å². The number of carbonyl (C=O) groups excluding carboxylic acids is 1. The molecular weight excluding hydrogens is 234 g/mol. The van der Waals surface area contributed by atoms with Gasteiger partial charge in [0.2, 0.25) is 5.76 Å². The van der Waals surface area contributed by atoms with Crippen LogP contribution in [0.4, 0.5) is 0 Å². The second-order valence-corrected chi connectivity index (χ2v) is 4.55. The van der Waals surface area contributed by atoms with E-state index >= 15 is 0 Å². The lowest BCUT2D eigenvalue weighted by molar-refractivity contribution is -0.00923. The molecule has 0 aliphatic heterocycles. The van der Waals surface area contributed by atoms with Gasteiger partial charge in [-0.2, -0.15) is 0 Å². The highest BCUT2D eigenvalue weighted by atomic mass is 16.5. The molecule has 18 heavy (non-hydrogen) atoms. The van der Waals surface area contributed by atoms with Crippen LogP contribution in [0.15, 0.2) is 16.5 Å². The Kier molecular flexibility index (Phi) is 5.37. The Balaban J connectivity index is 2.40. The first-order valence-electron chi connectivity index (χ1n) is 6.00. The predicted octanol–water partition coefficient (Wildman–Crippen LogP) is 1.97. The normalized spacial score (nSPS) is 11.6. The number of furan rings is 1. The second kappa shape index (κ2) is 6.56. The molecular formula is C13H21NO4. The molecule has 0 aromatic carbocycles. The van der Waals surface area contributed by atoms with Crippen molar-refractivity contribution in [1.29, 1.82) is 0 Å². The zero-order valence-electron chi connectivity index (χ0n) is 11.4. The first kappa shape index (κ1) is 14.7. The predicted molar refractivity (Wildman–Crippen MR) is 67.5 cm³/mol. The fourth-order valence-electron chi connectivity index (χ4n) is 1.61. The number of hydrogen-bond acceptors (Lipinski definition) is 5. The maximum atomic E-state index is 11.2. The first-order chi connectivity index (χ1) is 8.48. The number of nitrogens with one attached hydrogen (secondary N) is 1. The summed E-state index contributed by atoms with van der Waals surface area (Å²) in [5.74, 6) is 0.456. The summed E-state index contributed by atoms with van der Waals surface area (Å²) in [5, 5.41) is 3.23. The van der Waals surface area contributed by atoms with Gasteiger partial charge < -0.3 is 19.2 Å². The molecule has 0 bridgehead atoms. The van der Waals surface area contributed by atoms with Crippen LogP contribution in [0.3, 0.4) is 0 Å². The molecule has 1 N–H and O–H groups in total. The number of carbonyl (C=O) groups is 1. The summed E-state index contributed by atoms with van der Waals surface area (Å²) in [6, 6.07) is 3.36. The van der Waals surface area contributed by atoms with Gasteiger partial charge in [0.25, 0.3) is 0 Å². The lowest BCUT2D eigenvalue weighted by atomic mass is 10.1. The maximum Gasteiger partial charge on any atom is 0.373 e. The molecule has 0 saturated heterocycles. The van der Waals surface area contributed by atoms with Gasteiger partial charge >= 0.3 is 5.97 Å². The molecule has 0 radical (unpaired) electrons. The van der Waals surface area contributed by atoms with Crippen molar-refractivity contribution < 1.29 is 18.7 Å². The second-order valence-electron chi connectivity index (χ2n) is 4.55. The zero-order valence-corrected chi connectivity index (χ0v) is 11.4. The van der Waals surface area contributed by atoms with E-state index in [0.717, 1.165) is 0 Å². The molecule has 102 valence electrons. The summed E-state index contributed by atoms with van der Waals surface area (Å²) in [6.07, 6.45) is 0. The maximum absolute atomic E-state index is 11.2. The van der Waals surface area contributed by atoms with Crippen LogP contribution in [0.5, 0.6) is 0 Å². The largest absolute Gasteiger partial charge is 0.463 e. The highest BCUT2D eigenvalue weighted by Gasteiger charge is 2.17. The third-order valence-corrected chi connectivity index (χ3v) is 2.43. The van der Waals surface area contributed by atoms with Crippen molar-refractivity contribution in [3.05, 3.63) is 23.7 Å². The Hall–Kier alpha value is -1.33. The lowest BCUT2D eigenvalue weighted by Crippen LogP contribution is -2.37. The van der Waals surface area contributed by atoms with Crippen molar-refractivity contribution in [1.82, 2.24) is 5.32 Å². The summed E-state index contributed by atoms with van der Waals surface area (Å²) in [5.41, 5.74) is -0.216. The van der Waals surface area contributed by atoms with Crippen LogP contribution < -0.4 is 5.32 Å². The molecule has 1 heterocycles. The van der Waals surface area contributed by atoms with Crippen molar-refractivity contribution in [2.24, 2.45) is 0 Å². The van der Waals surface area contributed by atoms with Crippen LogP contribution in [-0.4, -0.2) is 31.8 Å². The molecule has 0 spiro atoms. The van der Waals surface area contributed by atoms with E-state index < -0.39 is 5.97 Å². The van der Waals surface area contributed by atoms with Crippen molar-refractivity contribution in [2.45, 2.75) is 32.9 Å². The quantitative estimate of drug-likeness (QED) is 0.755. The average molecular weight is 255 g/mol. The number of esters is 1. The molecule has 0 aliphatic carbocycles. The van der Waals surface area contributed by atoms with E-state index in [4.69, 9.17) is 9.15 Å². The van der Waals surface area contributed by atoms with Crippen LogP contribution >= 0.6 is 0 Å². The molecule has 0 saturated carbocycles. The van der Waals surface area contributed by atoms with Gasteiger partial charge in [-0.05, 0) is 32.9 Å². The number of rotatable bonds is 7. The summed E-state index contributed by atoms with van der Waals surface area (Å²) in [6.45, 7) is 7.94. The highest BCUT2D eigenvalue weighted by Crippen LogP contribution is 2.10. The van der Waals surface area contributed by atoms with Gasteiger partial charge in [-0.1, -0.05) is 0 Å². The standard InChI is InChI=1S/C13H21NO4/c1-5-17-13(2,3)9-14-8-10-6-7-11(18-10)12(15)16-4/h6-7,14H,5,8-9H2,1-4H3. The smallest absolute Gasteiger partial charge is 0.373 e. The first-order valence-corrected chi connectivity index (χ1v) is 6.00. The van der Waals surface area contributed by atoms with Crippen LogP contribution in [0.2, 0.25) is 0 Å². The molecule has 0 unspecified atom stereocenters. The third-order valence-electron chi connectivity index (χ3n) is 2.43. The Bertz CT molecular complexity index is 384. The zero-order chi connectivity index (χ0) is 13.6. The minimum absolute atomic E-state index is 0.216. The van der Waals surface area contributed by atoms with Crippen molar-refractivity contribution in [2.75, 3.05) is 20.3 Å². The molecule has 5 nitrogen and oxygen atoms in total. The van der Waals surface area contributed by atoms with E-state index in [9.17, 15) is 4.79 Å². The summed E-state index contributed by atoms with van der Waals surface area (Å²) >= 11 is 0. The van der Waals surface area contributed by atoms with E-state index in [1.54, 1.807) is 12.1 Å². The highest BCUT2D eigenvalue weighted by molar-refractivity contribution is 5.86. The van der Waals surface area contributed by atoms with Gasteiger partial charge in [-0.25, -0.2) is 4.79 Å². The topological polar surface area (TPSA) is 60.7 Å². The van der Waals surface area contributed by atoms with E-state index in [-0.39, 0.29) is 11.4 Å². The monoisotopic (exact) mass is 255 g/mol. The number of methoxy groups -OCH3 is 1. The average Bonchev–Trinajstić information content (AvgIpc) is 2.76. The van der Waals surface area contributed by atoms with E-state index in [2.05, 4.69) is 10.1 Å². The van der Waals surface area contributed by atoms with Crippen molar-refractivity contribution in [3.63, 3.8) is 0 Å². The summed E-state index contributed by atoms with van der Waals surface area (Å²) < 4.78 is 15.5. The summed E-state index contributed by atoms with van der Waals surface area (Å²) in [7, 11) is 1.33. The summed E-state index contributed by atoms with van der Waals surface area (Å²) in [4.78, 5) is 11.2. The number of ether oxygens (including phenoxy) is 2. The van der Waals surface area contributed by atoms with Crippen LogP contribution in [-0.2, 0) is 16.0 Å². The van der Waals surface area contributed by atoms with E-state index in [1.165, 1.54) is 7.11 Å². The van der Waals surface area contributed by atoms with Crippen molar-refractivity contribution in [3.8, 4) is 0 Å². The van der Waals surface area contributed by atoms with E-state index in [0.29, 0.717) is 25.5 Å². The Morgan fingerprint density at radius 1 is 1.44 bits per heavy atom. The van der Waals surface area contributed by atoms with Crippen LogP contribution in [0, 0.1) is 0 Å². The van der Waals surface area contributed by atoms with Gasteiger partial charge in [0.05, 0.1) is 19.3 Å². The SMILES string of the molecule is CCOC(C)(C)CNCc1ccc(C(=O)OC)o1. The molecule has 0 amide bonds. The van der Waals surface area contributed by atoms with Gasteiger partial charge in [0.1, 0.15) is 5.76 Å². The molecule has 1 aromatic rings. The van der Waals surface area contributed by atoms with Crippen molar-refractivity contribution >= 4 is 5.97 Å². The number of hydrogen-bond donors (Lipinski definition) is 1. The van der Waals surface area contributed by atoms with Crippen LogP contribution in [0.25, 0.3) is 0 Å². The molecule has 1 aromatic heterocycles. The fraction of sp³-hybridized carbons (Fsp3) is 0.615. The minimum Gasteiger partial charge on any atom is -0.463 e. The molecule has 0 fully saturated rings. The minimum atomic E-state index is -0.462. The lowest BCUT2D eigenvalue weighted by Gasteiger charge is -2.24. The Morgan fingerprint density at radius 2 is 2.17 bits per heavy atom. The Morgan fingerprint density at radius 3 is 2.78 bits per heavy atom.